The lowest BCUT2D eigenvalue weighted by Gasteiger charge is -2.01. The number of aliphatic hydroxyl groups excluding tert-OH is 1. The van der Waals surface area contributed by atoms with E-state index in [1.165, 1.54) is 24.0 Å². The minimum absolute atomic E-state index is 0.134. The average molecular weight is 272 g/mol. The number of hydrogen-bond acceptors (Lipinski definition) is 4. The van der Waals surface area contributed by atoms with E-state index >= 15 is 0 Å². The van der Waals surface area contributed by atoms with Gasteiger partial charge in [0.1, 0.15) is 6.61 Å². The van der Waals surface area contributed by atoms with Gasteiger partial charge in [0.15, 0.2) is 5.16 Å². The Morgan fingerprint density at radius 2 is 2.05 bits per heavy atom. The lowest BCUT2D eigenvalue weighted by molar-refractivity contribution is 0.350. The standard InChI is InChI=1S/C14H12N2O2S/c17-9-1-2-11-3-5-12(6-4-11)10-19-14-15-8-7-13(18)16-14/h3-8,17H,9-10H2,(H,15,16,18). The van der Waals surface area contributed by atoms with E-state index < -0.39 is 0 Å². The molecule has 0 atom stereocenters. The first kappa shape index (κ1) is 13.4. The first-order valence-corrected chi connectivity index (χ1v) is 6.63. The highest BCUT2D eigenvalue weighted by Crippen LogP contribution is 2.17. The van der Waals surface area contributed by atoms with Crippen molar-refractivity contribution in [2.45, 2.75) is 10.9 Å². The zero-order chi connectivity index (χ0) is 13.5. The van der Waals surface area contributed by atoms with Crippen molar-refractivity contribution in [2.24, 2.45) is 0 Å². The second-order valence-electron chi connectivity index (χ2n) is 3.68. The molecule has 0 fully saturated rings. The van der Waals surface area contributed by atoms with Gasteiger partial charge in [0.2, 0.25) is 0 Å². The minimum atomic E-state index is -0.146. The molecule has 0 aliphatic heterocycles. The zero-order valence-electron chi connectivity index (χ0n) is 10.1. The molecule has 1 aromatic heterocycles. The number of nitrogens with one attached hydrogen (secondary N) is 1. The number of benzene rings is 1. The van der Waals surface area contributed by atoms with Crippen LogP contribution in [0.15, 0.2) is 46.5 Å². The van der Waals surface area contributed by atoms with Gasteiger partial charge in [-0.25, -0.2) is 4.98 Å². The second kappa shape index (κ2) is 6.78. The molecule has 2 rings (SSSR count). The Hall–Kier alpha value is -2.03. The molecule has 19 heavy (non-hydrogen) atoms. The molecule has 0 aliphatic rings. The van der Waals surface area contributed by atoms with Crippen LogP contribution in [0, 0.1) is 11.8 Å². The van der Waals surface area contributed by atoms with Crippen molar-refractivity contribution in [1.82, 2.24) is 9.97 Å². The van der Waals surface area contributed by atoms with Gasteiger partial charge in [0.05, 0.1) is 0 Å². The van der Waals surface area contributed by atoms with Gasteiger partial charge in [0.25, 0.3) is 5.56 Å². The van der Waals surface area contributed by atoms with Gasteiger partial charge in [-0.3, -0.25) is 4.79 Å². The largest absolute Gasteiger partial charge is 0.384 e. The highest BCUT2D eigenvalue weighted by Gasteiger charge is 1.98. The molecule has 0 unspecified atom stereocenters. The van der Waals surface area contributed by atoms with Gasteiger partial charge in [0, 0.05) is 23.6 Å². The number of hydrogen-bond donors (Lipinski definition) is 2. The van der Waals surface area contributed by atoms with Crippen LogP contribution in [0.25, 0.3) is 0 Å². The Labute approximate surface area is 114 Å². The van der Waals surface area contributed by atoms with E-state index in [0.29, 0.717) is 5.16 Å². The molecule has 0 bridgehead atoms. The van der Waals surface area contributed by atoms with Gasteiger partial charge in [-0.15, -0.1) is 0 Å². The van der Waals surface area contributed by atoms with E-state index in [1.807, 2.05) is 24.3 Å². The normalized spacial score (nSPS) is 9.74. The number of aliphatic hydroxyl groups is 1. The van der Waals surface area contributed by atoms with Gasteiger partial charge < -0.3 is 10.1 Å². The van der Waals surface area contributed by atoms with Crippen LogP contribution in [-0.4, -0.2) is 21.7 Å². The molecule has 0 amide bonds. The Kier molecular flexibility index (Phi) is 4.78. The van der Waals surface area contributed by atoms with Crippen LogP contribution in [0.1, 0.15) is 11.1 Å². The van der Waals surface area contributed by atoms with E-state index in [-0.39, 0.29) is 12.2 Å². The van der Waals surface area contributed by atoms with E-state index in [0.717, 1.165) is 16.9 Å². The number of H-pyrrole nitrogens is 1. The molecule has 1 aromatic carbocycles. The molecule has 5 heteroatoms. The molecule has 0 aliphatic carbocycles. The van der Waals surface area contributed by atoms with Crippen LogP contribution in [0.4, 0.5) is 0 Å². The molecule has 96 valence electrons. The molecule has 0 radical (unpaired) electrons. The fourth-order valence-corrected chi connectivity index (χ4v) is 2.21. The molecule has 0 saturated heterocycles. The molecule has 1 heterocycles. The summed E-state index contributed by atoms with van der Waals surface area (Å²) < 4.78 is 0. The number of aromatic nitrogens is 2. The molecule has 2 N–H and O–H groups in total. The van der Waals surface area contributed by atoms with Crippen LogP contribution < -0.4 is 5.56 Å². The summed E-state index contributed by atoms with van der Waals surface area (Å²) in [6.07, 6.45) is 1.49. The number of rotatable bonds is 3. The van der Waals surface area contributed by atoms with Gasteiger partial charge >= 0.3 is 0 Å². The smallest absolute Gasteiger partial charge is 0.251 e. The van der Waals surface area contributed by atoms with Crippen molar-refractivity contribution in [3.8, 4) is 11.8 Å². The maximum Gasteiger partial charge on any atom is 0.251 e. The second-order valence-corrected chi connectivity index (χ2v) is 4.65. The number of thioether (sulfide) groups is 1. The summed E-state index contributed by atoms with van der Waals surface area (Å²) in [4.78, 5) is 17.8. The fraction of sp³-hybridized carbons (Fsp3) is 0.143. The topological polar surface area (TPSA) is 66.0 Å². The monoisotopic (exact) mass is 272 g/mol. The average Bonchev–Trinajstić information content (AvgIpc) is 2.44. The van der Waals surface area contributed by atoms with Crippen molar-refractivity contribution in [2.75, 3.05) is 6.61 Å². The summed E-state index contributed by atoms with van der Waals surface area (Å²) in [6, 6.07) is 9.13. The van der Waals surface area contributed by atoms with Gasteiger partial charge in [-0.2, -0.15) is 0 Å². The first-order chi connectivity index (χ1) is 9.28. The lowest BCUT2D eigenvalue weighted by atomic mass is 10.1. The SMILES string of the molecule is O=c1ccnc(SCc2ccc(C#CCO)cc2)[nH]1. The van der Waals surface area contributed by atoms with Crippen LogP contribution in [0.5, 0.6) is 0 Å². The first-order valence-electron chi connectivity index (χ1n) is 5.65. The van der Waals surface area contributed by atoms with Crippen molar-refractivity contribution in [3.05, 3.63) is 58.0 Å². The summed E-state index contributed by atoms with van der Waals surface area (Å²) in [7, 11) is 0. The van der Waals surface area contributed by atoms with Crippen LogP contribution >= 0.6 is 11.8 Å². The van der Waals surface area contributed by atoms with Gasteiger partial charge in [-0.1, -0.05) is 35.7 Å². The highest BCUT2D eigenvalue weighted by atomic mass is 32.2. The third-order valence-electron chi connectivity index (χ3n) is 2.29. The van der Waals surface area contributed by atoms with E-state index in [1.54, 1.807) is 0 Å². The summed E-state index contributed by atoms with van der Waals surface area (Å²) >= 11 is 1.47. The summed E-state index contributed by atoms with van der Waals surface area (Å²) in [5, 5.41) is 9.21. The van der Waals surface area contributed by atoms with E-state index in [9.17, 15) is 4.79 Å². The molecule has 4 nitrogen and oxygen atoms in total. The van der Waals surface area contributed by atoms with Crippen molar-refractivity contribution >= 4 is 11.8 Å². The number of nitrogens with zero attached hydrogens (tertiary/aromatic N) is 1. The van der Waals surface area contributed by atoms with Crippen LogP contribution in [0.2, 0.25) is 0 Å². The van der Waals surface area contributed by atoms with E-state index in [2.05, 4.69) is 21.8 Å². The third kappa shape index (κ3) is 4.28. The Morgan fingerprint density at radius 3 is 2.74 bits per heavy atom. The Bertz CT molecular complexity index is 653. The highest BCUT2D eigenvalue weighted by molar-refractivity contribution is 7.98. The van der Waals surface area contributed by atoms with Crippen molar-refractivity contribution < 1.29 is 5.11 Å². The summed E-state index contributed by atoms with van der Waals surface area (Å²) in [5.74, 6) is 6.16. The maximum atomic E-state index is 11.1. The van der Waals surface area contributed by atoms with E-state index in [4.69, 9.17) is 5.11 Å². The lowest BCUT2D eigenvalue weighted by Crippen LogP contribution is -2.05. The zero-order valence-corrected chi connectivity index (χ0v) is 10.9. The third-order valence-corrected chi connectivity index (χ3v) is 3.25. The Balaban J connectivity index is 1.98. The molecule has 2 aromatic rings. The molecular weight excluding hydrogens is 260 g/mol. The quantitative estimate of drug-likeness (QED) is 0.503. The predicted molar refractivity (Wildman–Crippen MR) is 74.8 cm³/mol. The summed E-state index contributed by atoms with van der Waals surface area (Å²) in [5.41, 5.74) is 1.84. The van der Waals surface area contributed by atoms with Crippen LogP contribution in [-0.2, 0) is 5.75 Å². The Morgan fingerprint density at radius 1 is 1.26 bits per heavy atom. The van der Waals surface area contributed by atoms with Crippen molar-refractivity contribution in [3.63, 3.8) is 0 Å². The fourth-order valence-electron chi connectivity index (χ4n) is 1.40. The minimum Gasteiger partial charge on any atom is -0.384 e. The van der Waals surface area contributed by atoms with Crippen LogP contribution in [0.3, 0.4) is 0 Å². The number of aromatic amines is 1. The summed E-state index contributed by atoms with van der Waals surface area (Å²) in [6.45, 7) is -0.134. The molecular formula is C14H12N2O2S. The maximum absolute atomic E-state index is 11.1. The van der Waals surface area contributed by atoms with Crippen molar-refractivity contribution in [1.29, 1.82) is 0 Å². The molecule has 0 spiro atoms. The predicted octanol–water partition coefficient (Wildman–Crippen LogP) is 1.41. The van der Waals surface area contributed by atoms with Gasteiger partial charge in [-0.05, 0) is 17.7 Å². The molecule has 0 saturated carbocycles.